The van der Waals surface area contributed by atoms with Crippen molar-refractivity contribution >= 4 is 5.91 Å². The summed E-state index contributed by atoms with van der Waals surface area (Å²) >= 11 is 0. The predicted molar refractivity (Wildman–Crippen MR) is 108 cm³/mol. The van der Waals surface area contributed by atoms with Gasteiger partial charge in [0.15, 0.2) is 0 Å². The number of nitrogens with zero attached hydrogens (tertiary/aromatic N) is 1. The van der Waals surface area contributed by atoms with E-state index in [9.17, 15) is 4.79 Å². The van der Waals surface area contributed by atoms with E-state index in [1.807, 2.05) is 13.8 Å². The zero-order chi connectivity index (χ0) is 19.4. The van der Waals surface area contributed by atoms with Crippen LogP contribution in [0.4, 0.5) is 0 Å². The van der Waals surface area contributed by atoms with Crippen molar-refractivity contribution in [1.82, 2.24) is 10.5 Å². The number of hydrogen-bond donors (Lipinski definition) is 1. The average Bonchev–Trinajstić information content (AvgIpc) is 2.99. The van der Waals surface area contributed by atoms with Crippen molar-refractivity contribution < 1.29 is 9.32 Å². The number of aromatic nitrogens is 1. The second-order valence-corrected chi connectivity index (χ2v) is 8.27. The Kier molecular flexibility index (Phi) is 6.35. The molecule has 1 aromatic carbocycles. The summed E-state index contributed by atoms with van der Waals surface area (Å²) in [7, 11) is 0. The molecule has 4 heteroatoms. The number of nitrogens with one attached hydrogen (secondary N) is 1. The molecule has 1 N–H and O–H groups in total. The minimum absolute atomic E-state index is 0.0124. The molecule has 0 saturated heterocycles. The lowest BCUT2D eigenvalue weighted by Crippen LogP contribution is -2.33. The Morgan fingerprint density at radius 2 is 1.81 bits per heavy atom. The van der Waals surface area contributed by atoms with Gasteiger partial charge in [0, 0.05) is 5.56 Å². The molecule has 1 fully saturated rings. The van der Waals surface area contributed by atoms with Crippen LogP contribution in [0, 0.1) is 19.8 Å². The molecule has 0 radical (unpaired) electrons. The minimum atomic E-state index is 0.0124. The van der Waals surface area contributed by atoms with Crippen LogP contribution in [0.15, 0.2) is 28.8 Å². The summed E-state index contributed by atoms with van der Waals surface area (Å²) < 4.78 is 5.17. The summed E-state index contributed by atoms with van der Waals surface area (Å²) in [5.74, 6) is 1.76. The van der Waals surface area contributed by atoms with E-state index >= 15 is 0 Å². The molecule has 1 aromatic heterocycles. The number of hydrogen-bond acceptors (Lipinski definition) is 3. The number of carbonyl (C=O) groups is 1. The van der Waals surface area contributed by atoms with E-state index in [0.29, 0.717) is 18.3 Å². The molecule has 4 nitrogen and oxygen atoms in total. The van der Waals surface area contributed by atoms with Gasteiger partial charge in [0.05, 0.1) is 18.2 Å². The molecule has 1 atom stereocenters. The van der Waals surface area contributed by atoms with E-state index in [0.717, 1.165) is 17.0 Å². The van der Waals surface area contributed by atoms with Crippen molar-refractivity contribution in [2.45, 2.75) is 78.2 Å². The summed E-state index contributed by atoms with van der Waals surface area (Å²) in [5, 5.41) is 7.16. The van der Waals surface area contributed by atoms with Gasteiger partial charge in [-0.1, -0.05) is 62.5 Å². The van der Waals surface area contributed by atoms with E-state index in [2.05, 4.69) is 48.6 Å². The number of carbonyl (C=O) groups excluding carboxylic acids is 1. The van der Waals surface area contributed by atoms with Crippen molar-refractivity contribution in [1.29, 1.82) is 0 Å². The fourth-order valence-electron chi connectivity index (χ4n) is 4.19. The molecule has 0 bridgehead atoms. The van der Waals surface area contributed by atoms with Gasteiger partial charge in [-0.2, -0.15) is 0 Å². The Morgan fingerprint density at radius 3 is 2.37 bits per heavy atom. The van der Waals surface area contributed by atoms with Crippen LogP contribution in [0.1, 0.15) is 86.1 Å². The van der Waals surface area contributed by atoms with Gasteiger partial charge in [-0.3, -0.25) is 4.79 Å². The summed E-state index contributed by atoms with van der Waals surface area (Å²) in [6.45, 7) is 8.03. The number of benzene rings is 1. The summed E-state index contributed by atoms with van der Waals surface area (Å²) in [6, 6.07) is 8.94. The molecule has 1 heterocycles. The van der Waals surface area contributed by atoms with E-state index in [-0.39, 0.29) is 11.9 Å². The second-order valence-electron chi connectivity index (χ2n) is 8.27. The maximum absolute atomic E-state index is 12.6. The Bertz CT molecular complexity index is 736. The zero-order valence-electron chi connectivity index (χ0n) is 17.0. The summed E-state index contributed by atoms with van der Waals surface area (Å²) in [4.78, 5) is 12.6. The molecule has 27 heavy (non-hydrogen) atoms. The van der Waals surface area contributed by atoms with Crippen molar-refractivity contribution in [2.24, 2.45) is 5.92 Å². The molecule has 0 spiro atoms. The number of aryl methyl sites for hydroxylation is 2. The Balaban J connectivity index is 1.68. The second kappa shape index (κ2) is 8.73. The van der Waals surface area contributed by atoms with Crippen molar-refractivity contribution in [3.05, 3.63) is 52.4 Å². The molecule has 1 saturated carbocycles. The third kappa shape index (κ3) is 4.79. The molecule has 1 aliphatic rings. The van der Waals surface area contributed by atoms with E-state index in [1.54, 1.807) is 0 Å². The smallest absolute Gasteiger partial charge is 0.225 e. The molecule has 3 rings (SSSR count). The monoisotopic (exact) mass is 368 g/mol. The minimum Gasteiger partial charge on any atom is -0.361 e. The van der Waals surface area contributed by atoms with E-state index in [4.69, 9.17) is 4.52 Å². The van der Waals surface area contributed by atoms with Crippen LogP contribution in [-0.2, 0) is 11.2 Å². The lowest BCUT2D eigenvalue weighted by molar-refractivity contribution is -0.121. The first-order valence-electron chi connectivity index (χ1n) is 10.3. The van der Waals surface area contributed by atoms with Gasteiger partial charge < -0.3 is 9.84 Å². The quantitative estimate of drug-likeness (QED) is 0.743. The van der Waals surface area contributed by atoms with Crippen LogP contribution >= 0.6 is 0 Å². The van der Waals surface area contributed by atoms with Crippen LogP contribution in [0.3, 0.4) is 0 Å². The third-order valence-electron chi connectivity index (χ3n) is 5.87. The molecule has 0 aliphatic heterocycles. The lowest BCUT2D eigenvalue weighted by Gasteiger charge is -2.25. The summed E-state index contributed by atoms with van der Waals surface area (Å²) in [5.41, 5.74) is 4.31. The maximum Gasteiger partial charge on any atom is 0.225 e. The van der Waals surface area contributed by atoms with Gasteiger partial charge >= 0.3 is 0 Å². The highest BCUT2D eigenvalue weighted by molar-refractivity contribution is 5.79. The first-order chi connectivity index (χ1) is 13.0. The third-order valence-corrected chi connectivity index (χ3v) is 5.87. The fourth-order valence-corrected chi connectivity index (χ4v) is 4.19. The molecular formula is C23H32N2O2. The van der Waals surface area contributed by atoms with E-state index in [1.165, 1.54) is 43.2 Å². The molecule has 2 aromatic rings. The normalized spacial score (nSPS) is 16.5. The van der Waals surface area contributed by atoms with Crippen LogP contribution in [-0.4, -0.2) is 11.1 Å². The molecule has 0 unspecified atom stereocenters. The maximum atomic E-state index is 12.6. The van der Waals surface area contributed by atoms with Crippen molar-refractivity contribution in [3.63, 3.8) is 0 Å². The first kappa shape index (κ1) is 19.7. The standard InChI is InChI=1S/C23H32N2O2/c1-15(2)23(24-22(26)14-21-16(3)25-27-17(21)4)20-12-10-19(11-13-20)18-8-6-5-7-9-18/h10-13,15,18,23H,5-9,14H2,1-4H3,(H,24,26)/t23-/m1/s1. The first-order valence-corrected chi connectivity index (χ1v) is 10.3. The van der Waals surface area contributed by atoms with Crippen LogP contribution in [0.5, 0.6) is 0 Å². The molecule has 1 aliphatic carbocycles. The number of amides is 1. The largest absolute Gasteiger partial charge is 0.361 e. The van der Waals surface area contributed by atoms with Gasteiger partial charge in [-0.15, -0.1) is 0 Å². The van der Waals surface area contributed by atoms with Crippen molar-refractivity contribution in [2.75, 3.05) is 0 Å². The highest BCUT2D eigenvalue weighted by Crippen LogP contribution is 2.33. The van der Waals surface area contributed by atoms with Gasteiger partial charge in [0.2, 0.25) is 5.91 Å². The lowest BCUT2D eigenvalue weighted by atomic mass is 9.83. The Hall–Kier alpha value is -2.10. The van der Waals surface area contributed by atoms with Gasteiger partial charge in [0.1, 0.15) is 5.76 Å². The number of rotatable bonds is 6. The van der Waals surface area contributed by atoms with Gasteiger partial charge in [0.25, 0.3) is 0 Å². The van der Waals surface area contributed by atoms with Crippen LogP contribution < -0.4 is 5.32 Å². The van der Waals surface area contributed by atoms with E-state index < -0.39 is 0 Å². The van der Waals surface area contributed by atoms with Gasteiger partial charge in [-0.25, -0.2) is 0 Å². The molecular weight excluding hydrogens is 336 g/mol. The highest BCUT2D eigenvalue weighted by Gasteiger charge is 2.21. The summed E-state index contributed by atoms with van der Waals surface area (Å²) in [6.07, 6.45) is 6.99. The fraction of sp³-hybridized carbons (Fsp3) is 0.565. The molecule has 1 amide bonds. The van der Waals surface area contributed by atoms with Gasteiger partial charge in [-0.05, 0) is 49.7 Å². The average molecular weight is 369 g/mol. The highest BCUT2D eigenvalue weighted by atomic mass is 16.5. The molecule has 146 valence electrons. The van der Waals surface area contributed by atoms with Crippen molar-refractivity contribution in [3.8, 4) is 0 Å². The topological polar surface area (TPSA) is 55.1 Å². The zero-order valence-corrected chi connectivity index (χ0v) is 17.0. The SMILES string of the molecule is Cc1noc(C)c1CC(=O)N[C@@H](c1ccc(C2CCCCC2)cc1)C(C)C. The Morgan fingerprint density at radius 1 is 1.15 bits per heavy atom. The predicted octanol–water partition coefficient (Wildman–Crippen LogP) is 5.40. The Labute approximate surface area is 162 Å². The van der Waals surface area contributed by atoms with Crippen LogP contribution in [0.25, 0.3) is 0 Å². The van der Waals surface area contributed by atoms with Crippen LogP contribution in [0.2, 0.25) is 0 Å².